The molecule has 32 heavy (non-hydrogen) atoms. The number of hydrogen-bond acceptors (Lipinski definition) is 4. The lowest BCUT2D eigenvalue weighted by Crippen LogP contribution is -2.18. The minimum Gasteiger partial charge on any atom is -0.392 e. The first-order chi connectivity index (χ1) is 15.5. The predicted octanol–water partition coefficient (Wildman–Crippen LogP) is 4.83. The third kappa shape index (κ3) is 5.34. The quantitative estimate of drug-likeness (QED) is 0.555. The van der Waals surface area contributed by atoms with Crippen LogP contribution in [0, 0.1) is 17.6 Å². The van der Waals surface area contributed by atoms with E-state index < -0.39 is 11.6 Å². The van der Waals surface area contributed by atoms with E-state index in [0.717, 1.165) is 48.2 Å². The molecule has 7 heteroatoms. The number of aliphatic hydroxyl groups excluding tert-OH is 1. The lowest BCUT2D eigenvalue weighted by molar-refractivity contribution is -0.115. The molecule has 0 aliphatic heterocycles. The summed E-state index contributed by atoms with van der Waals surface area (Å²) >= 11 is 0. The first kappa shape index (κ1) is 22.0. The molecule has 1 amide bonds. The number of carbonyl (C=O) groups excluding carboxylic acids is 1. The maximum atomic E-state index is 13.5. The van der Waals surface area contributed by atoms with Crippen LogP contribution in [0.3, 0.4) is 0 Å². The summed E-state index contributed by atoms with van der Waals surface area (Å²) in [6, 6.07) is 10.9. The number of carbonyl (C=O) groups is 1. The zero-order valence-electron chi connectivity index (χ0n) is 17.7. The average molecular weight is 437 g/mol. The van der Waals surface area contributed by atoms with Gasteiger partial charge in [-0.3, -0.25) is 4.79 Å². The van der Waals surface area contributed by atoms with E-state index in [-0.39, 0.29) is 18.9 Å². The average Bonchev–Trinajstić information content (AvgIpc) is 3.31. The molecule has 4 rings (SSSR count). The van der Waals surface area contributed by atoms with Crippen LogP contribution in [0.2, 0.25) is 0 Å². The Kier molecular flexibility index (Phi) is 6.85. The predicted molar refractivity (Wildman–Crippen MR) is 118 cm³/mol. The molecule has 0 unspecified atom stereocenters. The van der Waals surface area contributed by atoms with Gasteiger partial charge in [0, 0.05) is 5.56 Å². The van der Waals surface area contributed by atoms with Crippen molar-refractivity contribution in [3.8, 4) is 11.3 Å². The topological polar surface area (TPSA) is 75.1 Å². The summed E-state index contributed by atoms with van der Waals surface area (Å²) in [4.78, 5) is 21.8. The Balaban J connectivity index is 1.56. The van der Waals surface area contributed by atoms with E-state index in [0.29, 0.717) is 23.0 Å². The Morgan fingerprint density at radius 2 is 1.75 bits per heavy atom. The molecule has 5 nitrogen and oxygen atoms in total. The number of nitrogens with zero attached hydrogens (tertiary/aromatic N) is 2. The number of nitrogens with one attached hydrogen (secondary N) is 1. The van der Waals surface area contributed by atoms with Gasteiger partial charge in [-0.15, -0.1) is 0 Å². The minimum absolute atomic E-state index is 0.0260. The Morgan fingerprint density at radius 3 is 2.44 bits per heavy atom. The molecular formula is C25H25F2N3O2. The first-order valence-corrected chi connectivity index (χ1v) is 10.8. The number of halogens is 2. The van der Waals surface area contributed by atoms with Gasteiger partial charge in [-0.2, -0.15) is 0 Å². The Morgan fingerprint density at radius 1 is 1.03 bits per heavy atom. The van der Waals surface area contributed by atoms with Crippen LogP contribution in [0.25, 0.3) is 11.3 Å². The van der Waals surface area contributed by atoms with E-state index in [1.807, 2.05) is 24.3 Å². The number of amides is 1. The number of benzene rings is 2. The molecule has 1 aliphatic rings. The summed E-state index contributed by atoms with van der Waals surface area (Å²) in [6.45, 7) is -0.0260. The van der Waals surface area contributed by atoms with E-state index in [1.165, 1.54) is 18.9 Å². The fraction of sp³-hybridized carbons (Fsp3) is 0.320. The highest BCUT2D eigenvalue weighted by molar-refractivity contribution is 5.92. The molecule has 0 bridgehead atoms. The standard InChI is InChI=1S/C25H25F2N3O2/c26-20-10-7-18(11-21(20)27)13-24(32)30-25-22(12-16-3-1-2-4-16)29-23(14-28-25)19-8-5-17(15-31)6-9-19/h5-11,14,16,31H,1-4,12-13,15H2,(H,28,30,32). The maximum Gasteiger partial charge on any atom is 0.229 e. The third-order valence-electron chi connectivity index (χ3n) is 5.84. The molecule has 166 valence electrons. The summed E-state index contributed by atoms with van der Waals surface area (Å²) in [6.07, 6.45) is 6.87. The zero-order chi connectivity index (χ0) is 22.5. The second kappa shape index (κ2) is 9.96. The van der Waals surface area contributed by atoms with E-state index in [2.05, 4.69) is 10.3 Å². The van der Waals surface area contributed by atoms with Crippen LogP contribution in [-0.4, -0.2) is 21.0 Å². The molecule has 1 saturated carbocycles. The Bertz CT molecular complexity index is 1100. The van der Waals surface area contributed by atoms with Crippen LogP contribution in [0.4, 0.5) is 14.6 Å². The van der Waals surface area contributed by atoms with Gasteiger partial charge >= 0.3 is 0 Å². The van der Waals surface area contributed by atoms with E-state index in [9.17, 15) is 18.7 Å². The molecule has 0 saturated heterocycles. The molecule has 1 fully saturated rings. The Labute approximate surface area is 185 Å². The van der Waals surface area contributed by atoms with Gasteiger partial charge in [0.2, 0.25) is 5.91 Å². The van der Waals surface area contributed by atoms with Crippen molar-refractivity contribution in [2.75, 3.05) is 5.32 Å². The molecule has 0 spiro atoms. The minimum atomic E-state index is -0.978. The number of aliphatic hydroxyl groups is 1. The molecule has 3 aromatic rings. The van der Waals surface area contributed by atoms with Crippen LogP contribution >= 0.6 is 0 Å². The number of aromatic nitrogens is 2. The van der Waals surface area contributed by atoms with Crippen molar-refractivity contribution in [1.29, 1.82) is 0 Å². The van der Waals surface area contributed by atoms with Gasteiger partial charge in [0.25, 0.3) is 0 Å². The van der Waals surface area contributed by atoms with Crippen molar-refractivity contribution in [3.63, 3.8) is 0 Å². The smallest absolute Gasteiger partial charge is 0.229 e. The SMILES string of the molecule is O=C(Cc1ccc(F)c(F)c1)Nc1ncc(-c2ccc(CO)cc2)nc1CC1CCCC1. The van der Waals surface area contributed by atoms with Crippen molar-refractivity contribution in [3.05, 3.63) is 77.1 Å². The van der Waals surface area contributed by atoms with Gasteiger partial charge in [-0.05, 0) is 35.6 Å². The second-order valence-electron chi connectivity index (χ2n) is 8.23. The molecule has 1 aliphatic carbocycles. The third-order valence-corrected chi connectivity index (χ3v) is 5.84. The second-order valence-corrected chi connectivity index (χ2v) is 8.23. The van der Waals surface area contributed by atoms with Crippen LogP contribution in [0.15, 0.2) is 48.7 Å². The van der Waals surface area contributed by atoms with Crippen molar-refractivity contribution in [2.24, 2.45) is 5.92 Å². The fourth-order valence-corrected chi connectivity index (χ4v) is 4.09. The largest absolute Gasteiger partial charge is 0.392 e. The molecule has 2 aromatic carbocycles. The molecule has 1 heterocycles. The molecule has 1 aromatic heterocycles. The van der Waals surface area contributed by atoms with E-state index in [4.69, 9.17) is 4.98 Å². The lowest BCUT2D eigenvalue weighted by atomic mass is 10.0. The van der Waals surface area contributed by atoms with Crippen molar-refractivity contribution >= 4 is 11.7 Å². The van der Waals surface area contributed by atoms with Crippen molar-refractivity contribution < 1.29 is 18.7 Å². The normalized spacial score (nSPS) is 14.0. The highest BCUT2D eigenvalue weighted by atomic mass is 19.2. The molecular weight excluding hydrogens is 412 g/mol. The monoisotopic (exact) mass is 437 g/mol. The summed E-state index contributed by atoms with van der Waals surface area (Å²) in [5.41, 5.74) is 3.49. The highest BCUT2D eigenvalue weighted by Gasteiger charge is 2.20. The van der Waals surface area contributed by atoms with Gasteiger partial charge in [0.05, 0.1) is 30.6 Å². The van der Waals surface area contributed by atoms with Crippen LogP contribution in [0.5, 0.6) is 0 Å². The summed E-state index contributed by atoms with van der Waals surface area (Å²) in [7, 11) is 0. The molecule has 0 radical (unpaired) electrons. The number of rotatable bonds is 7. The summed E-state index contributed by atoms with van der Waals surface area (Å²) in [5, 5.41) is 12.1. The number of anilines is 1. The highest BCUT2D eigenvalue weighted by Crippen LogP contribution is 2.30. The maximum absolute atomic E-state index is 13.5. The van der Waals surface area contributed by atoms with Crippen molar-refractivity contribution in [2.45, 2.75) is 45.1 Å². The lowest BCUT2D eigenvalue weighted by Gasteiger charge is -2.14. The summed E-state index contributed by atoms with van der Waals surface area (Å²) < 4.78 is 26.6. The van der Waals surface area contributed by atoms with Gasteiger partial charge < -0.3 is 10.4 Å². The number of hydrogen-bond donors (Lipinski definition) is 2. The van der Waals surface area contributed by atoms with Gasteiger partial charge in [-0.1, -0.05) is 56.0 Å². The molecule has 0 atom stereocenters. The zero-order valence-corrected chi connectivity index (χ0v) is 17.7. The Hall–Kier alpha value is -3.19. The first-order valence-electron chi connectivity index (χ1n) is 10.8. The van der Waals surface area contributed by atoms with Gasteiger partial charge in [-0.25, -0.2) is 18.7 Å². The van der Waals surface area contributed by atoms with Crippen LogP contribution in [-0.2, 0) is 24.2 Å². The van der Waals surface area contributed by atoms with E-state index >= 15 is 0 Å². The summed E-state index contributed by atoms with van der Waals surface area (Å²) in [5.74, 6) is -1.38. The fourth-order valence-electron chi connectivity index (χ4n) is 4.09. The van der Waals surface area contributed by atoms with Crippen LogP contribution < -0.4 is 5.32 Å². The van der Waals surface area contributed by atoms with Gasteiger partial charge in [0.1, 0.15) is 0 Å². The van der Waals surface area contributed by atoms with E-state index in [1.54, 1.807) is 6.20 Å². The molecule has 2 N–H and O–H groups in total. The van der Waals surface area contributed by atoms with Crippen LogP contribution in [0.1, 0.15) is 42.5 Å². The van der Waals surface area contributed by atoms with Crippen molar-refractivity contribution in [1.82, 2.24) is 9.97 Å². The van der Waals surface area contributed by atoms with Gasteiger partial charge in [0.15, 0.2) is 17.5 Å².